The Balaban J connectivity index is 2.72. The average molecular weight is 267 g/mol. The van der Waals surface area contributed by atoms with Gasteiger partial charge in [-0.1, -0.05) is 31.5 Å². The first kappa shape index (κ1) is 13.1. The number of anilines is 1. The summed E-state index contributed by atoms with van der Waals surface area (Å²) in [5.41, 5.74) is 1.41. The summed E-state index contributed by atoms with van der Waals surface area (Å²) in [5.74, 6) is 0.611. The van der Waals surface area contributed by atoms with E-state index in [-0.39, 0.29) is 5.02 Å². The van der Waals surface area contributed by atoms with Gasteiger partial charge in [-0.3, -0.25) is 0 Å². The third kappa shape index (κ3) is 2.27. The summed E-state index contributed by atoms with van der Waals surface area (Å²) in [6.45, 7) is 6.93. The minimum Gasteiger partial charge on any atom is -0.370 e. The average Bonchev–Trinajstić information content (AvgIpc) is 2.34. The molecule has 2 rings (SSSR count). The molecule has 0 saturated heterocycles. The SMILES string of the molecule is CCNc1nc2c(F)c(Cl)ccc2cc1C(C)C. The predicted molar refractivity (Wildman–Crippen MR) is 75.0 cm³/mol. The molecule has 0 aliphatic carbocycles. The molecule has 0 radical (unpaired) electrons. The van der Waals surface area contributed by atoms with Gasteiger partial charge in [-0.05, 0) is 30.5 Å². The molecule has 4 heteroatoms. The fourth-order valence-corrected chi connectivity index (χ4v) is 2.10. The third-order valence-electron chi connectivity index (χ3n) is 2.87. The summed E-state index contributed by atoms with van der Waals surface area (Å²) in [7, 11) is 0. The fraction of sp³-hybridized carbons (Fsp3) is 0.357. The normalized spacial score (nSPS) is 11.2. The highest BCUT2D eigenvalue weighted by Gasteiger charge is 2.13. The van der Waals surface area contributed by atoms with Crippen molar-refractivity contribution >= 4 is 28.3 Å². The number of fused-ring (bicyclic) bond motifs is 1. The lowest BCUT2D eigenvalue weighted by Gasteiger charge is -2.14. The zero-order valence-electron chi connectivity index (χ0n) is 10.7. The van der Waals surface area contributed by atoms with E-state index in [0.717, 1.165) is 23.3 Å². The minimum absolute atomic E-state index is 0.106. The van der Waals surface area contributed by atoms with E-state index >= 15 is 0 Å². The largest absolute Gasteiger partial charge is 0.370 e. The van der Waals surface area contributed by atoms with Crippen LogP contribution < -0.4 is 5.32 Å². The van der Waals surface area contributed by atoms with Crippen molar-refractivity contribution < 1.29 is 4.39 Å². The summed E-state index contributed by atoms with van der Waals surface area (Å²) >= 11 is 5.78. The van der Waals surface area contributed by atoms with Gasteiger partial charge in [-0.2, -0.15) is 0 Å². The maximum Gasteiger partial charge on any atom is 0.168 e. The van der Waals surface area contributed by atoms with Crippen LogP contribution in [0.15, 0.2) is 18.2 Å². The Kier molecular flexibility index (Phi) is 3.71. The van der Waals surface area contributed by atoms with E-state index in [1.54, 1.807) is 12.1 Å². The Bertz CT molecular complexity index is 582. The molecule has 0 bridgehead atoms. The molecule has 1 aromatic heterocycles. The van der Waals surface area contributed by atoms with Gasteiger partial charge in [-0.15, -0.1) is 0 Å². The zero-order chi connectivity index (χ0) is 13.3. The first-order chi connectivity index (χ1) is 8.54. The second kappa shape index (κ2) is 5.11. The van der Waals surface area contributed by atoms with E-state index in [1.165, 1.54) is 0 Å². The van der Waals surface area contributed by atoms with Gasteiger partial charge in [0.15, 0.2) is 5.82 Å². The molecule has 0 amide bonds. The molecular weight excluding hydrogens is 251 g/mol. The van der Waals surface area contributed by atoms with Crippen molar-refractivity contribution in [2.24, 2.45) is 0 Å². The second-order valence-corrected chi connectivity index (χ2v) is 4.95. The molecule has 0 unspecified atom stereocenters. The summed E-state index contributed by atoms with van der Waals surface area (Å²) in [6.07, 6.45) is 0. The molecule has 1 heterocycles. The van der Waals surface area contributed by atoms with Crippen LogP contribution in [0.25, 0.3) is 10.9 Å². The topological polar surface area (TPSA) is 24.9 Å². The van der Waals surface area contributed by atoms with Gasteiger partial charge in [0.05, 0.1) is 5.02 Å². The van der Waals surface area contributed by atoms with Crippen molar-refractivity contribution in [3.8, 4) is 0 Å². The van der Waals surface area contributed by atoms with Gasteiger partial charge in [-0.25, -0.2) is 9.37 Å². The molecule has 18 heavy (non-hydrogen) atoms. The number of hydrogen-bond donors (Lipinski definition) is 1. The molecule has 1 N–H and O–H groups in total. The number of pyridine rings is 1. The van der Waals surface area contributed by atoms with Gasteiger partial charge in [0, 0.05) is 11.9 Å². The molecule has 96 valence electrons. The zero-order valence-corrected chi connectivity index (χ0v) is 11.5. The molecule has 2 aromatic rings. The summed E-state index contributed by atoms with van der Waals surface area (Å²) in [6, 6.07) is 5.34. The van der Waals surface area contributed by atoms with E-state index in [1.807, 2.05) is 13.0 Å². The van der Waals surface area contributed by atoms with E-state index in [0.29, 0.717) is 11.4 Å². The number of nitrogens with zero attached hydrogens (tertiary/aromatic N) is 1. The van der Waals surface area contributed by atoms with Crippen molar-refractivity contribution in [2.75, 3.05) is 11.9 Å². The Morgan fingerprint density at radius 3 is 2.72 bits per heavy atom. The highest BCUT2D eigenvalue weighted by atomic mass is 35.5. The predicted octanol–water partition coefficient (Wildman–Crippen LogP) is 4.58. The smallest absolute Gasteiger partial charge is 0.168 e. The van der Waals surface area contributed by atoms with E-state index in [2.05, 4.69) is 24.1 Å². The van der Waals surface area contributed by atoms with Crippen LogP contribution in [0.2, 0.25) is 5.02 Å². The van der Waals surface area contributed by atoms with Gasteiger partial charge >= 0.3 is 0 Å². The van der Waals surface area contributed by atoms with Crippen LogP contribution in [0, 0.1) is 5.82 Å². The quantitative estimate of drug-likeness (QED) is 0.879. The van der Waals surface area contributed by atoms with E-state index in [4.69, 9.17) is 11.6 Å². The van der Waals surface area contributed by atoms with Crippen molar-refractivity contribution in [2.45, 2.75) is 26.7 Å². The molecule has 0 aliphatic rings. The number of nitrogens with one attached hydrogen (secondary N) is 1. The highest BCUT2D eigenvalue weighted by Crippen LogP contribution is 2.30. The van der Waals surface area contributed by atoms with Crippen molar-refractivity contribution in [3.05, 3.63) is 34.6 Å². The fourth-order valence-electron chi connectivity index (χ4n) is 1.95. The lowest BCUT2D eigenvalue weighted by molar-refractivity contribution is 0.637. The maximum absolute atomic E-state index is 13.9. The maximum atomic E-state index is 13.9. The Hall–Kier alpha value is -1.35. The van der Waals surface area contributed by atoms with E-state index in [9.17, 15) is 4.39 Å². The molecule has 2 nitrogen and oxygen atoms in total. The summed E-state index contributed by atoms with van der Waals surface area (Å²) in [4.78, 5) is 4.38. The monoisotopic (exact) mass is 266 g/mol. The van der Waals surface area contributed by atoms with E-state index < -0.39 is 5.82 Å². The van der Waals surface area contributed by atoms with Crippen molar-refractivity contribution in [1.29, 1.82) is 0 Å². The second-order valence-electron chi connectivity index (χ2n) is 4.54. The van der Waals surface area contributed by atoms with Crippen LogP contribution in [-0.2, 0) is 0 Å². The molecule has 0 fully saturated rings. The Morgan fingerprint density at radius 2 is 2.11 bits per heavy atom. The molecule has 0 saturated carbocycles. The third-order valence-corrected chi connectivity index (χ3v) is 3.17. The van der Waals surface area contributed by atoms with Gasteiger partial charge < -0.3 is 5.32 Å². The number of benzene rings is 1. The number of halogens is 2. The first-order valence-corrected chi connectivity index (χ1v) is 6.45. The van der Waals surface area contributed by atoms with Gasteiger partial charge in [0.2, 0.25) is 0 Å². The van der Waals surface area contributed by atoms with Crippen LogP contribution in [0.5, 0.6) is 0 Å². The molecule has 1 aromatic carbocycles. The van der Waals surface area contributed by atoms with Gasteiger partial charge in [0.25, 0.3) is 0 Å². The number of rotatable bonds is 3. The van der Waals surface area contributed by atoms with Gasteiger partial charge in [0.1, 0.15) is 11.3 Å². The minimum atomic E-state index is -0.455. The lowest BCUT2D eigenvalue weighted by Crippen LogP contribution is -2.05. The summed E-state index contributed by atoms with van der Waals surface area (Å²) in [5, 5.41) is 4.06. The number of hydrogen-bond acceptors (Lipinski definition) is 2. The van der Waals surface area contributed by atoms with Crippen molar-refractivity contribution in [3.63, 3.8) is 0 Å². The molecule has 0 aliphatic heterocycles. The lowest BCUT2D eigenvalue weighted by atomic mass is 10.0. The highest BCUT2D eigenvalue weighted by molar-refractivity contribution is 6.31. The van der Waals surface area contributed by atoms with Crippen LogP contribution >= 0.6 is 11.6 Å². The summed E-state index contributed by atoms with van der Waals surface area (Å²) < 4.78 is 13.9. The van der Waals surface area contributed by atoms with Crippen LogP contribution in [0.4, 0.5) is 10.2 Å². The van der Waals surface area contributed by atoms with Crippen LogP contribution in [0.1, 0.15) is 32.3 Å². The first-order valence-electron chi connectivity index (χ1n) is 6.07. The Labute approximate surface area is 111 Å². The van der Waals surface area contributed by atoms with Crippen LogP contribution in [-0.4, -0.2) is 11.5 Å². The van der Waals surface area contributed by atoms with Crippen molar-refractivity contribution in [1.82, 2.24) is 4.98 Å². The molecule has 0 spiro atoms. The molecule has 0 atom stereocenters. The molecular formula is C14H16ClFN2. The standard InChI is InChI=1S/C14H16ClFN2/c1-4-17-14-10(8(2)3)7-9-5-6-11(15)12(16)13(9)18-14/h5-8H,4H2,1-3H3,(H,17,18). The van der Waals surface area contributed by atoms with Crippen LogP contribution in [0.3, 0.4) is 0 Å². The number of aromatic nitrogens is 1. The Morgan fingerprint density at radius 1 is 1.39 bits per heavy atom.